The summed E-state index contributed by atoms with van der Waals surface area (Å²) in [7, 11) is 0. The molecule has 0 bridgehead atoms. The number of rotatable bonds is 21. The fourth-order valence-corrected chi connectivity index (χ4v) is 8.29. The molecule has 1 saturated carbocycles. The normalized spacial score (nSPS) is 19.5. The summed E-state index contributed by atoms with van der Waals surface area (Å²) < 4.78 is 34.4. The Balaban J connectivity index is 0.945. The molecule has 3 aromatic rings. The van der Waals surface area contributed by atoms with Crippen molar-refractivity contribution in [2.45, 2.75) is 94.8 Å². The van der Waals surface area contributed by atoms with Gasteiger partial charge < -0.3 is 28.4 Å². The van der Waals surface area contributed by atoms with Gasteiger partial charge in [0.05, 0.1) is 59.5 Å². The first-order chi connectivity index (χ1) is 25.2. The van der Waals surface area contributed by atoms with Crippen LogP contribution in [-0.4, -0.2) is 59.5 Å². The van der Waals surface area contributed by atoms with Crippen molar-refractivity contribution in [1.82, 2.24) is 0 Å². The molecule has 0 unspecified atom stereocenters. The number of hydrogen-bond acceptors (Lipinski definition) is 6. The Bertz CT molecular complexity index is 1350. The van der Waals surface area contributed by atoms with Crippen LogP contribution >= 0.6 is 0 Å². The molecule has 0 amide bonds. The largest absolute Gasteiger partial charge is 0.494 e. The Morgan fingerprint density at radius 1 is 0.451 bits per heavy atom. The molecule has 51 heavy (non-hydrogen) atoms. The third-order valence-electron chi connectivity index (χ3n) is 12.0. The van der Waals surface area contributed by atoms with Crippen molar-refractivity contribution < 1.29 is 28.4 Å². The van der Waals surface area contributed by atoms with Crippen LogP contribution in [0.15, 0.2) is 72.8 Å². The highest BCUT2D eigenvalue weighted by molar-refractivity contribution is 5.44. The second kappa shape index (κ2) is 18.6. The van der Waals surface area contributed by atoms with Crippen LogP contribution in [0, 0.1) is 17.8 Å². The van der Waals surface area contributed by atoms with E-state index in [1.807, 2.05) is 0 Å². The van der Waals surface area contributed by atoms with E-state index in [4.69, 9.17) is 28.4 Å². The van der Waals surface area contributed by atoms with Gasteiger partial charge in [0.1, 0.15) is 17.2 Å². The quantitative estimate of drug-likeness (QED) is 0.103. The second-order valence-corrected chi connectivity index (χ2v) is 15.7. The molecular weight excluding hydrogens is 636 g/mol. The molecule has 0 radical (unpaired) electrons. The molecule has 4 aliphatic rings. The van der Waals surface area contributed by atoms with E-state index in [-0.39, 0.29) is 5.41 Å². The third-order valence-corrected chi connectivity index (χ3v) is 12.0. The summed E-state index contributed by atoms with van der Waals surface area (Å²) in [6.45, 7) is 7.99. The van der Waals surface area contributed by atoms with Gasteiger partial charge in [0.2, 0.25) is 0 Å². The SMILES string of the molecule is c1cc(C2CCC(c3ccc(OCCCCC4COC4)cc3)(c3ccc(OCCCCC4COC4)cc3)CC2)ccc1OCCCCC1COC1. The molecule has 3 saturated heterocycles. The minimum Gasteiger partial charge on any atom is -0.494 e. The van der Waals surface area contributed by atoms with Gasteiger partial charge in [0.25, 0.3) is 0 Å². The lowest BCUT2D eigenvalue weighted by molar-refractivity contribution is -0.0367. The Morgan fingerprint density at radius 2 is 0.804 bits per heavy atom. The molecule has 0 atom stereocenters. The van der Waals surface area contributed by atoms with E-state index >= 15 is 0 Å². The highest BCUT2D eigenvalue weighted by Crippen LogP contribution is 2.49. The van der Waals surface area contributed by atoms with Gasteiger partial charge in [-0.15, -0.1) is 0 Å². The molecule has 3 aliphatic heterocycles. The lowest BCUT2D eigenvalue weighted by atomic mass is 9.62. The Hall–Kier alpha value is -3.06. The first kappa shape index (κ1) is 36.3. The van der Waals surface area contributed by atoms with Crippen LogP contribution < -0.4 is 14.2 Å². The first-order valence-electron chi connectivity index (χ1n) is 20.2. The summed E-state index contributed by atoms with van der Waals surface area (Å²) in [4.78, 5) is 0. The fraction of sp³-hybridized carbons (Fsp3) is 0.600. The standard InChI is InChI=1S/C45H60O6/c1(7-35-29-46-30-35)4-26-49-42-16-10-38(11-17-42)39-22-24-45(25-23-39,40-12-18-43(19-13-40)50-27-5-2-8-36-31-47-32-36)41-14-20-44(21-15-41)51-28-6-3-9-37-33-48-34-37/h10-21,35-37,39H,1-9,22-34H2. The van der Waals surface area contributed by atoms with Crippen molar-refractivity contribution in [3.05, 3.63) is 89.5 Å². The van der Waals surface area contributed by atoms with E-state index in [0.29, 0.717) is 5.92 Å². The molecule has 7 rings (SSSR count). The smallest absolute Gasteiger partial charge is 0.119 e. The highest BCUT2D eigenvalue weighted by atomic mass is 16.5. The Morgan fingerprint density at radius 3 is 1.14 bits per heavy atom. The summed E-state index contributed by atoms with van der Waals surface area (Å²) in [6, 6.07) is 27.0. The van der Waals surface area contributed by atoms with Gasteiger partial charge in [-0.2, -0.15) is 0 Å². The van der Waals surface area contributed by atoms with Crippen molar-refractivity contribution >= 4 is 0 Å². The molecular formula is C45H60O6. The number of ether oxygens (including phenoxy) is 6. The van der Waals surface area contributed by atoms with E-state index in [0.717, 1.165) is 139 Å². The summed E-state index contributed by atoms with van der Waals surface area (Å²) in [6.07, 6.45) is 15.2. The average molecular weight is 697 g/mol. The van der Waals surface area contributed by atoms with E-state index in [1.165, 1.54) is 55.2 Å². The summed E-state index contributed by atoms with van der Waals surface area (Å²) in [5, 5.41) is 0. The maximum atomic E-state index is 6.18. The first-order valence-corrected chi connectivity index (χ1v) is 20.2. The topological polar surface area (TPSA) is 55.4 Å². The molecule has 6 nitrogen and oxygen atoms in total. The second-order valence-electron chi connectivity index (χ2n) is 15.7. The third kappa shape index (κ3) is 10.1. The summed E-state index contributed by atoms with van der Waals surface area (Å²) in [5.41, 5.74) is 4.18. The van der Waals surface area contributed by atoms with Crippen molar-refractivity contribution in [1.29, 1.82) is 0 Å². The van der Waals surface area contributed by atoms with Crippen molar-refractivity contribution in [3.63, 3.8) is 0 Å². The fourth-order valence-electron chi connectivity index (χ4n) is 8.29. The van der Waals surface area contributed by atoms with Gasteiger partial charge in [-0.3, -0.25) is 0 Å². The zero-order valence-electron chi connectivity index (χ0n) is 30.7. The van der Waals surface area contributed by atoms with Gasteiger partial charge in [-0.1, -0.05) is 36.4 Å². The molecule has 4 fully saturated rings. The Kier molecular flexibility index (Phi) is 13.3. The van der Waals surface area contributed by atoms with Crippen LogP contribution in [0.25, 0.3) is 0 Å². The van der Waals surface area contributed by atoms with Crippen molar-refractivity contribution in [2.24, 2.45) is 17.8 Å². The molecule has 1 aliphatic carbocycles. The van der Waals surface area contributed by atoms with Crippen LogP contribution in [0.2, 0.25) is 0 Å². The lowest BCUT2D eigenvalue weighted by Crippen LogP contribution is -2.32. The molecule has 6 heteroatoms. The average Bonchev–Trinajstić information content (AvgIpc) is 3.11. The van der Waals surface area contributed by atoms with Crippen molar-refractivity contribution in [3.8, 4) is 17.2 Å². The van der Waals surface area contributed by atoms with Gasteiger partial charge in [0, 0.05) is 23.2 Å². The zero-order chi connectivity index (χ0) is 34.6. The van der Waals surface area contributed by atoms with Gasteiger partial charge in [-0.25, -0.2) is 0 Å². The maximum absolute atomic E-state index is 6.18. The van der Waals surface area contributed by atoms with E-state index in [1.54, 1.807) is 0 Å². The number of hydrogen-bond donors (Lipinski definition) is 0. The number of unbranched alkanes of at least 4 members (excludes halogenated alkanes) is 3. The van der Waals surface area contributed by atoms with Crippen molar-refractivity contribution in [2.75, 3.05) is 59.5 Å². The van der Waals surface area contributed by atoms with E-state index in [9.17, 15) is 0 Å². The summed E-state index contributed by atoms with van der Waals surface area (Å²) in [5.74, 6) is 5.79. The maximum Gasteiger partial charge on any atom is 0.119 e. The van der Waals surface area contributed by atoms with Crippen LogP contribution in [0.3, 0.4) is 0 Å². The predicted octanol–water partition coefficient (Wildman–Crippen LogP) is 9.92. The molecule has 276 valence electrons. The minimum atomic E-state index is -0.0299. The van der Waals surface area contributed by atoms with Gasteiger partial charge in [0.15, 0.2) is 0 Å². The minimum absolute atomic E-state index is 0.0299. The Labute approximate surface area is 306 Å². The monoisotopic (exact) mass is 696 g/mol. The van der Waals surface area contributed by atoms with Crippen LogP contribution in [0.5, 0.6) is 17.2 Å². The molecule has 0 aromatic heterocycles. The molecule has 3 heterocycles. The highest BCUT2D eigenvalue weighted by Gasteiger charge is 2.39. The molecule has 3 aromatic carbocycles. The lowest BCUT2D eigenvalue weighted by Gasteiger charge is -2.41. The molecule has 0 spiro atoms. The van der Waals surface area contributed by atoms with E-state index in [2.05, 4.69) is 72.8 Å². The summed E-state index contributed by atoms with van der Waals surface area (Å²) >= 11 is 0. The van der Waals surface area contributed by atoms with Gasteiger partial charge in [-0.05, 0) is 142 Å². The number of benzene rings is 3. The van der Waals surface area contributed by atoms with E-state index < -0.39 is 0 Å². The predicted molar refractivity (Wildman–Crippen MR) is 202 cm³/mol. The molecule has 0 N–H and O–H groups in total. The van der Waals surface area contributed by atoms with Crippen LogP contribution in [-0.2, 0) is 19.6 Å². The van der Waals surface area contributed by atoms with Gasteiger partial charge >= 0.3 is 0 Å². The zero-order valence-corrected chi connectivity index (χ0v) is 30.7. The van der Waals surface area contributed by atoms with Crippen LogP contribution in [0.1, 0.15) is 106 Å². The van der Waals surface area contributed by atoms with Crippen LogP contribution in [0.4, 0.5) is 0 Å².